The SMILES string of the molecule is CC1(C)C(=O)NCCN1CC(=O)c1ccccc1F. The molecule has 1 N–H and O–H groups in total. The molecule has 102 valence electrons. The number of hydrogen-bond acceptors (Lipinski definition) is 3. The van der Waals surface area contributed by atoms with Crippen molar-refractivity contribution in [1.82, 2.24) is 10.2 Å². The molecule has 1 aromatic rings. The summed E-state index contributed by atoms with van der Waals surface area (Å²) in [7, 11) is 0. The summed E-state index contributed by atoms with van der Waals surface area (Å²) in [6.45, 7) is 4.65. The zero-order valence-corrected chi connectivity index (χ0v) is 11.1. The maximum Gasteiger partial charge on any atom is 0.240 e. The second-order valence-electron chi connectivity index (χ2n) is 5.14. The lowest BCUT2D eigenvalue weighted by atomic mass is 9.97. The normalized spacial score (nSPS) is 19.0. The fourth-order valence-electron chi connectivity index (χ4n) is 2.17. The topological polar surface area (TPSA) is 49.4 Å². The maximum absolute atomic E-state index is 13.5. The minimum absolute atomic E-state index is 0.0430. The monoisotopic (exact) mass is 264 g/mol. The number of halogens is 1. The van der Waals surface area contributed by atoms with E-state index in [-0.39, 0.29) is 23.8 Å². The van der Waals surface area contributed by atoms with E-state index in [0.29, 0.717) is 13.1 Å². The Morgan fingerprint density at radius 3 is 2.79 bits per heavy atom. The third kappa shape index (κ3) is 2.66. The van der Waals surface area contributed by atoms with Crippen molar-refractivity contribution in [2.45, 2.75) is 19.4 Å². The zero-order valence-electron chi connectivity index (χ0n) is 11.1. The van der Waals surface area contributed by atoms with Crippen LogP contribution < -0.4 is 5.32 Å². The van der Waals surface area contributed by atoms with Crippen molar-refractivity contribution in [2.24, 2.45) is 0 Å². The van der Waals surface area contributed by atoms with Gasteiger partial charge < -0.3 is 5.32 Å². The van der Waals surface area contributed by atoms with E-state index in [1.165, 1.54) is 12.1 Å². The van der Waals surface area contributed by atoms with Crippen molar-refractivity contribution in [3.05, 3.63) is 35.6 Å². The first-order valence-electron chi connectivity index (χ1n) is 6.24. The van der Waals surface area contributed by atoms with Gasteiger partial charge in [0.25, 0.3) is 0 Å². The first-order valence-corrected chi connectivity index (χ1v) is 6.24. The van der Waals surface area contributed by atoms with Crippen molar-refractivity contribution < 1.29 is 14.0 Å². The molecule has 0 saturated carbocycles. The maximum atomic E-state index is 13.5. The highest BCUT2D eigenvalue weighted by Crippen LogP contribution is 2.18. The highest BCUT2D eigenvalue weighted by Gasteiger charge is 2.38. The average Bonchev–Trinajstić information content (AvgIpc) is 2.36. The minimum atomic E-state index is -0.751. The Balaban J connectivity index is 2.15. The van der Waals surface area contributed by atoms with Gasteiger partial charge in [-0.15, -0.1) is 0 Å². The van der Waals surface area contributed by atoms with E-state index in [1.807, 2.05) is 0 Å². The van der Waals surface area contributed by atoms with Crippen LogP contribution in [-0.2, 0) is 4.79 Å². The molecule has 1 aromatic carbocycles. The third-order valence-electron chi connectivity index (χ3n) is 3.52. The van der Waals surface area contributed by atoms with E-state index in [9.17, 15) is 14.0 Å². The molecule has 2 rings (SSSR count). The Kier molecular flexibility index (Phi) is 3.66. The van der Waals surface area contributed by atoms with Crippen molar-refractivity contribution in [3.63, 3.8) is 0 Å². The second-order valence-corrected chi connectivity index (χ2v) is 5.14. The first kappa shape index (κ1) is 13.7. The van der Waals surface area contributed by atoms with E-state index >= 15 is 0 Å². The smallest absolute Gasteiger partial charge is 0.240 e. The van der Waals surface area contributed by atoms with Gasteiger partial charge in [0, 0.05) is 13.1 Å². The molecule has 5 heteroatoms. The number of nitrogens with one attached hydrogen (secondary N) is 1. The zero-order chi connectivity index (χ0) is 14.0. The van der Waals surface area contributed by atoms with Crippen LogP contribution in [0.25, 0.3) is 0 Å². The highest BCUT2D eigenvalue weighted by molar-refractivity contribution is 5.98. The van der Waals surface area contributed by atoms with Gasteiger partial charge >= 0.3 is 0 Å². The van der Waals surface area contributed by atoms with Crippen LogP contribution in [0.5, 0.6) is 0 Å². The van der Waals surface area contributed by atoms with E-state index < -0.39 is 11.4 Å². The molecule has 19 heavy (non-hydrogen) atoms. The van der Waals surface area contributed by atoms with Gasteiger partial charge in [-0.3, -0.25) is 14.5 Å². The number of Topliss-reactive ketones (excluding diaryl/α,β-unsaturated/α-hetero) is 1. The van der Waals surface area contributed by atoms with Crippen molar-refractivity contribution >= 4 is 11.7 Å². The van der Waals surface area contributed by atoms with Crippen LogP contribution in [0.4, 0.5) is 4.39 Å². The third-order valence-corrected chi connectivity index (χ3v) is 3.52. The molecule has 1 saturated heterocycles. The average molecular weight is 264 g/mol. The molecule has 1 aliphatic heterocycles. The van der Waals surface area contributed by atoms with E-state index in [4.69, 9.17) is 0 Å². The molecule has 0 aromatic heterocycles. The van der Waals surface area contributed by atoms with Gasteiger partial charge in [0.1, 0.15) is 5.82 Å². The Morgan fingerprint density at radius 1 is 1.42 bits per heavy atom. The molecule has 1 aliphatic rings. The number of piperazine rings is 1. The molecule has 1 amide bonds. The Bertz CT molecular complexity index is 514. The number of amides is 1. The first-order chi connectivity index (χ1) is 8.93. The van der Waals surface area contributed by atoms with Crippen molar-refractivity contribution in [3.8, 4) is 0 Å². The lowest BCUT2D eigenvalue weighted by Gasteiger charge is -2.40. The number of ketones is 1. The van der Waals surface area contributed by atoms with Crippen LogP contribution in [0.2, 0.25) is 0 Å². The van der Waals surface area contributed by atoms with Crippen LogP contribution in [0.15, 0.2) is 24.3 Å². The lowest BCUT2D eigenvalue weighted by Crippen LogP contribution is -2.62. The van der Waals surface area contributed by atoms with Crippen molar-refractivity contribution in [1.29, 1.82) is 0 Å². The molecule has 1 fully saturated rings. The Hall–Kier alpha value is -1.75. The molecule has 0 radical (unpaired) electrons. The highest BCUT2D eigenvalue weighted by atomic mass is 19.1. The summed E-state index contributed by atoms with van der Waals surface area (Å²) < 4.78 is 13.5. The fourth-order valence-corrected chi connectivity index (χ4v) is 2.17. The Labute approximate surface area is 111 Å². The summed E-state index contributed by atoms with van der Waals surface area (Å²) in [6.07, 6.45) is 0. The molecule has 0 bridgehead atoms. The number of carbonyl (C=O) groups excluding carboxylic acids is 2. The predicted molar refractivity (Wildman–Crippen MR) is 69.4 cm³/mol. The van der Waals surface area contributed by atoms with E-state index in [1.54, 1.807) is 30.9 Å². The molecular formula is C14H17FN2O2. The summed E-state index contributed by atoms with van der Waals surface area (Å²) in [4.78, 5) is 25.7. The quantitative estimate of drug-likeness (QED) is 0.835. The molecule has 0 atom stereocenters. The van der Waals surface area contributed by atoms with Gasteiger partial charge in [-0.1, -0.05) is 12.1 Å². The van der Waals surface area contributed by atoms with Crippen LogP contribution in [0, 0.1) is 5.82 Å². The van der Waals surface area contributed by atoms with Gasteiger partial charge in [0.15, 0.2) is 5.78 Å². The van der Waals surface area contributed by atoms with Gasteiger partial charge in [-0.2, -0.15) is 0 Å². The largest absolute Gasteiger partial charge is 0.353 e. The van der Waals surface area contributed by atoms with Crippen LogP contribution in [0.1, 0.15) is 24.2 Å². The number of benzene rings is 1. The summed E-state index contributed by atoms with van der Waals surface area (Å²) >= 11 is 0. The number of carbonyl (C=O) groups is 2. The summed E-state index contributed by atoms with van der Waals surface area (Å²) in [5.74, 6) is -0.937. The molecule has 0 aliphatic carbocycles. The van der Waals surface area contributed by atoms with Crippen LogP contribution in [-0.4, -0.2) is 41.8 Å². The van der Waals surface area contributed by atoms with E-state index in [0.717, 1.165) is 0 Å². The van der Waals surface area contributed by atoms with Gasteiger partial charge in [0.2, 0.25) is 5.91 Å². The fraction of sp³-hybridized carbons (Fsp3) is 0.429. The molecule has 0 spiro atoms. The van der Waals surface area contributed by atoms with E-state index in [2.05, 4.69) is 5.32 Å². The van der Waals surface area contributed by atoms with Crippen LogP contribution >= 0.6 is 0 Å². The minimum Gasteiger partial charge on any atom is -0.353 e. The molecular weight excluding hydrogens is 247 g/mol. The standard InChI is InChI=1S/C14H17FN2O2/c1-14(2)13(19)16-7-8-17(14)9-12(18)10-5-3-4-6-11(10)15/h3-6H,7-9H2,1-2H3,(H,16,19). The van der Waals surface area contributed by atoms with Gasteiger partial charge in [0.05, 0.1) is 17.6 Å². The number of rotatable bonds is 3. The molecule has 4 nitrogen and oxygen atoms in total. The van der Waals surface area contributed by atoms with Gasteiger partial charge in [-0.05, 0) is 26.0 Å². The number of hydrogen-bond donors (Lipinski definition) is 1. The predicted octanol–water partition coefficient (Wildman–Crippen LogP) is 1.22. The van der Waals surface area contributed by atoms with Crippen LogP contribution in [0.3, 0.4) is 0 Å². The summed E-state index contributed by atoms with van der Waals surface area (Å²) in [5, 5.41) is 2.76. The summed E-state index contributed by atoms with van der Waals surface area (Å²) in [5.41, 5.74) is -0.677. The number of nitrogens with zero attached hydrogens (tertiary/aromatic N) is 1. The van der Waals surface area contributed by atoms with Gasteiger partial charge in [-0.25, -0.2) is 4.39 Å². The molecule has 0 unspecified atom stereocenters. The van der Waals surface area contributed by atoms with Crippen molar-refractivity contribution in [2.75, 3.05) is 19.6 Å². The summed E-state index contributed by atoms with van der Waals surface area (Å²) in [6, 6.07) is 5.91. The molecule has 1 heterocycles. The lowest BCUT2D eigenvalue weighted by molar-refractivity contribution is -0.134. The Morgan fingerprint density at radius 2 is 2.11 bits per heavy atom. The second kappa shape index (κ2) is 5.09.